The largest absolute Gasteiger partial charge is 0.497 e. The van der Waals surface area contributed by atoms with E-state index in [1.165, 1.54) is 22.9 Å². The molecule has 1 amide bonds. The van der Waals surface area contributed by atoms with Gasteiger partial charge in [0.25, 0.3) is 11.5 Å². The highest BCUT2D eigenvalue weighted by atomic mass is 35.5. The highest BCUT2D eigenvalue weighted by molar-refractivity contribution is 6.31. The molecule has 3 aromatic rings. The van der Waals surface area contributed by atoms with Crippen LogP contribution in [0.5, 0.6) is 11.5 Å². The van der Waals surface area contributed by atoms with E-state index in [4.69, 9.17) is 21.1 Å². The number of benzene rings is 2. The number of pyridine rings is 1. The van der Waals surface area contributed by atoms with E-state index in [9.17, 15) is 9.59 Å². The van der Waals surface area contributed by atoms with Gasteiger partial charge in [-0.1, -0.05) is 17.7 Å². The van der Waals surface area contributed by atoms with Crippen LogP contribution in [0.1, 0.15) is 21.5 Å². The van der Waals surface area contributed by atoms with Crippen LogP contribution in [0, 0.1) is 6.92 Å². The SMILES string of the molecule is COc1cc(Cn2cc(C(=O)Nc3ccc(C)c(Cl)c3)ccc2=O)cc(OC)c1. The van der Waals surface area contributed by atoms with Gasteiger partial charge in [-0.2, -0.15) is 0 Å². The molecule has 6 nitrogen and oxygen atoms in total. The molecule has 29 heavy (non-hydrogen) atoms. The van der Waals surface area contributed by atoms with Crippen molar-refractivity contribution in [3.05, 3.63) is 86.8 Å². The van der Waals surface area contributed by atoms with Crippen molar-refractivity contribution < 1.29 is 14.3 Å². The van der Waals surface area contributed by atoms with Crippen molar-refractivity contribution in [2.45, 2.75) is 13.5 Å². The van der Waals surface area contributed by atoms with Gasteiger partial charge in [-0.25, -0.2) is 0 Å². The van der Waals surface area contributed by atoms with Crippen LogP contribution in [-0.2, 0) is 6.54 Å². The Morgan fingerprint density at radius 3 is 2.34 bits per heavy atom. The maximum absolute atomic E-state index is 12.6. The highest BCUT2D eigenvalue weighted by Crippen LogP contribution is 2.23. The Kier molecular flexibility index (Phi) is 6.24. The number of rotatable bonds is 6. The van der Waals surface area contributed by atoms with Crippen molar-refractivity contribution in [1.82, 2.24) is 4.57 Å². The molecule has 0 bridgehead atoms. The first-order valence-electron chi connectivity index (χ1n) is 8.89. The summed E-state index contributed by atoms with van der Waals surface area (Å²) in [5.41, 5.74) is 2.46. The smallest absolute Gasteiger partial charge is 0.257 e. The number of halogens is 1. The average molecular weight is 413 g/mol. The van der Waals surface area contributed by atoms with Gasteiger partial charge in [0.1, 0.15) is 11.5 Å². The van der Waals surface area contributed by atoms with Crippen LogP contribution in [0.4, 0.5) is 5.69 Å². The molecule has 0 aliphatic rings. The third kappa shape index (κ3) is 4.97. The average Bonchev–Trinajstić information content (AvgIpc) is 2.72. The van der Waals surface area contributed by atoms with Crippen LogP contribution >= 0.6 is 11.6 Å². The lowest BCUT2D eigenvalue weighted by Crippen LogP contribution is -2.22. The lowest BCUT2D eigenvalue weighted by atomic mass is 10.2. The molecule has 1 N–H and O–H groups in total. The zero-order valence-electron chi connectivity index (χ0n) is 16.4. The Hall–Kier alpha value is -3.25. The number of aromatic nitrogens is 1. The summed E-state index contributed by atoms with van der Waals surface area (Å²) in [6.45, 7) is 2.15. The second kappa shape index (κ2) is 8.84. The zero-order valence-corrected chi connectivity index (χ0v) is 17.1. The number of amides is 1. The summed E-state index contributed by atoms with van der Waals surface area (Å²) in [6, 6.07) is 13.5. The van der Waals surface area contributed by atoms with Crippen LogP contribution in [0.2, 0.25) is 5.02 Å². The van der Waals surface area contributed by atoms with E-state index >= 15 is 0 Å². The van der Waals surface area contributed by atoms with Crippen molar-refractivity contribution in [1.29, 1.82) is 0 Å². The summed E-state index contributed by atoms with van der Waals surface area (Å²) >= 11 is 6.11. The Morgan fingerprint density at radius 1 is 1.03 bits per heavy atom. The minimum Gasteiger partial charge on any atom is -0.497 e. The van der Waals surface area contributed by atoms with Gasteiger partial charge in [0, 0.05) is 29.0 Å². The van der Waals surface area contributed by atoms with Gasteiger partial charge in [-0.05, 0) is 48.4 Å². The number of carbonyl (C=O) groups excluding carboxylic acids is 1. The van der Waals surface area contributed by atoms with Crippen molar-refractivity contribution in [3.8, 4) is 11.5 Å². The number of nitrogens with one attached hydrogen (secondary N) is 1. The number of carbonyl (C=O) groups is 1. The first kappa shape index (κ1) is 20.5. The lowest BCUT2D eigenvalue weighted by Gasteiger charge is -2.12. The normalized spacial score (nSPS) is 10.5. The molecule has 0 saturated heterocycles. The molecule has 0 aliphatic heterocycles. The molecule has 0 spiro atoms. The summed E-state index contributed by atoms with van der Waals surface area (Å²) in [5, 5.41) is 3.36. The van der Waals surface area contributed by atoms with Gasteiger partial charge in [-0.3, -0.25) is 9.59 Å². The van der Waals surface area contributed by atoms with Gasteiger partial charge in [0.15, 0.2) is 0 Å². The second-order valence-electron chi connectivity index (χ2n) is 6.52. The van der Waals surface area contributed by atoms with Crippen LogP contribution < -0.4 is 20.3 Å². The van der Waals surface area contributed by atoms with Crippen molar-refractivity contribution in [3.63, 3.8) is 0 Å². The number of hydrogen-bond acceptors (Lipinski definition) is 4. The van der Waals surface area contributed by atoms with E-state index in [1.54, 1.807) is 32.4 Å². The molecule has 7 heteroatoms. The van der Waals surface area contributed by atoms with Gasteiger partial charge in [0.05, 0.1) is 26.3 Å². The maximum atomic E-state index is 12.6. The number of anilines is 1. The standard InChI is InChI=1S/C22H21ClN2O4/c1-14-4-6-17(10-20(14)23)24-22(27)16-5-7-21(26)25(13-16)12-15-8-18(28-2)11-19(9-15)29-3/h4-11,13H,12H2,1-3H3,(H,24,27). The Bertz CT molecular complexity index is 1090. The fourth-order valence-corrected chi connectivity index (χ4v) is 3.00. The highest BCUT2D eigenvalue weighted by Gasteiger charge is 2.10. The van der Waals surface area contributed by atoms with Crippen molar-refractivity contribution in [2.24, 2.45) is 0 Å². The minimum absolute atomic E-state index is 0.221. The Balaban J connectivity index is 1.85. The van der Waals surface area contributed by atoms with Crippen molar-refractivity contribution >= 4 is 23.2 Å². The topological polar surface area (TPSA) is 69.6 Å². The molecule has 0 unspecified atom stereocenters. The van der Waals surface area contributed by atoms with E-state index in [2.05, 4.69) is 5.32 Å². The molecule has 0 fully saturated rings. The third-order valence-corrected chi connectivity index (χ3v) is 4.85. The predicted molar refractivity (Wildman–Crippen MR) is 113 cm³/mol. The third-order valence-electron chi connectivity index (χ3n) is 4.44. The number of nitrogens with zero attached hydrogens (tertiary/aromatic N) is 1. The summed E-state index contributed by atoms with van der Waals surface area (Å²) in [7, 11) is 3.13. The summed E-state index contributed by atoms with van der Waals surface area (Å²) < 4.78 is 12.0. The maximum Gasteiger partial charge on any atom is 0.257 e. The van der Waals surface area contributed by atoms with Crippen LogP contribution in [0.3, 0.4) is 0 Å². The van der Waals surface area contributed by atoms with Gasteiger partial charge >= 0.3 is 0 Å². The monoisotopic (exact) mass is 412 g/mol. The van der Waals surface area contributed by atoms with Gasteiger partial charge in [0.2, 0.25) is 0 Å². The molecule has 0 radical (unpaired) electrons. The molecule has 0 aliphatic carbocycles. The van der Waals surface area contributed by atoms with Gasteiger partial charge < -0.3 is 19.4 Å². The molecule has 0 atom stereocenters. The van der Waals surface area contributed by atoms with Gasteiger partial charge in [-0.15, -0.1) is 0 Å². The van der Waals surface area contributed by atoms with E-state index in [-0.39, 0.29) is 18.0 Å². The molecule has 1 heterocycles. The number of ether oxygens (including phenoxy) is 2. The minimum atomic E-state index is -0.332. The number of methoxy groups -OCH3 is 2. The van der Waals surface area contributed by atoms with Crippen LogP contribution in [0.15, 0.2) is 59.5 Å². The van der Waals surface area contributed by atoms with Crippen LogP contribution in [0.25, 0.3) is 0 Å². The molecule has 0 saturated carbocycles. The fourth-order valence-electron chi connectivity index (χ4n) is 2.82. The summed E-state index contributed by atoms with van der Waals surface area (Å²) in [5.74, 6) is 0.914. The number of hydrogen-bond donors (Lipinski definition) is 1. The Labute approximate surface area is 173 Å². The molecule has 1 aromatic heterocycles. The quantitative estimate of drug-likeness (QED) is 0.661. The second-order valence-corrected chi connectivity index (χ2v) is 6.93. The van der Waals surface area contributed by atoms with E-state index in [0.29, 0.717) is 27.8 Å². The predicted octanol–water partition coefficient (Wildman–Crippen LogP) is 4.13. The van der Waals surface area contributed by atoms with E-state index < -0.39 is 0 Å². The molecular weight excluding hydrogens is 392 g/mol. The van der Waals surface area contributed by atoms with Crippen molar-refractivity contribution in [2.75, 3.05) is 19.5 Å². The molecule has 3 rings (SSSR count). The van der Waals surface area contributed by atoms with E-state index in [1.807, 2.05) is 25.1 Å². The summed E-state index contributed by atoms with van der Waals surface area (Å²) in [6.07, 6.45) is 1.53. The molecule has 150 valence electrons. The first-order valence-corrected chi connectivity index (χ1v) is 9.27. The molecule has 2 aromatic carbocycles. The lowest BCUT2D eigenvalue weighted by molar-refractivity contribution is 0.102. The Morgan fingerprint density at radius 2 is 1.72 bits per heavy atom. The van der Waals surface area contributed by atoms with E-state index in [0.717, 1.165) is 11.1 Å². The zero-order chi connectivity index (χ0) is 21.0. The first-order chi connectivity index (χ1) is 13.9. The van der Waals surface area contributed by atoms with Crippen LogP contribution in [-0.4, -0.2) is 24.7 Å². The summed E-state index contributed by atoms with van der Waals surface area (Å²) in [4.78, 5) is 24.9. The number of aryl methyl sites for hydroxylation is 1. The molecular formula is C22H21ClN2O4. The fraction of sp³-hybridized carbons (Fsp3) is 0.182.